The van der Waals surface area contributed by atoms with E-state index in [1.54, 1.807) is 6.92 Å². The highest BCUT2D eigenvalue weighted by Gasteiger charge is 2.26. The Morgan fingerprint density at radius 1 is 1.29 bits per heavy atom. The van der Waals surface area contributed by atoms with Gasteiger partial charge in [-0.25, -0.2) is 0 Å². The summed E-state index contributed by atoms with van der Waals surface area (Å²) in [6.45, 7) is 1.75. The normalized spacial score (nSPS) is 13.9. The van der Waals surface area contributed by atoms with E-state index in [4.69, 9.17) is 0 Å². The molecule has 0 radical (unpaired) electrons. The third-order valence-corrected chi connectivity index (χ3v) is 3.74. The Bertz CT molecular complexity index is 786. The lowest BCUT2D eigenvalue weighted by atomic mass is 9.94. The molecule has 1 amide bonds. The zero-order valence-electron chi connectivity index (χ0n) is 11.6. The van der Waals surface area contributed by atoms with Crippen LogP contribution in [0.5, 0.6) is 0 Å². The first-order valence-electron chi connectivity index (χ1n) is 6.81. The first-order valence-corrected chi connectivity index (χ1v) is 6.81. The first kappa shape index (κ1) is 13.4. The van der Waals surface area contributed by atoms with Gasteiger partial charge in [-0.2, -0.15) is 0 Å². The molecule has 108 valence electrons. The van der Waals surface area contributed by atoms with Gasteiger partial charge in [0.05, 0.1) is 0 Å². The second-order valence-corrected chi connectivity index (χ2v) is 5.13. The van der Waals surface area contributed by atoms with Crippen molar-refractivity contribution in [3.05, 3.63) is 51.2 Å². The SMILES string of the molecule is Cc1c(C(=O)Nc2c[nH]ccc2=O)[nH]c2c1C(=O)CCC2. The molecule has 0 bridgehead atoms. The Kier molecular flexibility index (Phi) is 3.21. The molecule has 2 aromatic heterocycles. The summed E-state index contributed by atoms with van der Waals surface area (Å²) in [6, 6.07) is 1.34. The van der Waals surface area contributed by atoms with Crippen molar-refractivity contribution in [3.63, 3.8) is 0 Å². The summed E-state index contributed by atoms with van der Waals surface area (Å²) < 4.78 is 0. The van der Waals surface area contributed by atoms with E-state index in [-0.39, 0.29) is 16.9 Å². The fraction of sp³-hybridized carbons (Fsp3) is 0.267. The van der Waals surface area contributed by atoms with Crippen LogP contribution in [0.15, 0.2) is 23.3 Å². The molecule has 2 heterocycles. The summed E-state index contributed by atoms with van der Waals surface area (Å²) in [5.41, 5.74) is 2.36. The average Bonchev–Trinajstić information content (AvgIpc) is 2.80. The van der Waals surface area contributed by atoms with Gasteiger partial charge in [0, 0.05) is 36.1 Å². The summed E-state index contributed by atoms with van der Waals surface area (Å²) in [4.78, 5) is 41.6. The maximum Gasteiger partial charge on any atom is 0.272 e. The van der Waals surface area contributed by atoms with Gasteiger partial charge in [0.25, 0.3) is 5.91 Å². The number of anilines is 1. The maximum absolute atomic E-state index is 12.3. The Labute approximate surface area is 120 Å². The lowest BCUT2D eigenvalue weighted by Gasteiger charge is -2.09. The van der Waals surface area contributed by atoms with Crippen LogP contribution >= 0.6 is 0 Å². The van der Waals surface area contributed by atoms with Crippen molar-refractivity contribution in [2.45, 2.75) is 26.2 Å². The van der Waals surface area contributed by atoms with Crippen molar-refractivity contribution in [2.24, 2.45) is 0 Å². The highest BCUT2D eigenvalue weighted by atomic mass is 16.2. The number of amides is 1. The Balaban J connectivity index is 1.94. The number of H-pyrrole nitrogens is 2. The van der Waals surface area contributed by atoms with E-state index in [0.29, 0.717) is 23.2 Å². The van der Waals surface area contributed by atoms with E-state index >= 15 is 0 Å². The van der Waals surface area contributed by atoms with Crippen molar-refractivity contribution < 1.29 is 9.59 Å². The first-order chi connectivity index (χ1) is 10.1. The van der Waals surface area contributed by atoms with E-state index in [2.05, 4.69) is 15.3 Å². The number of hydrogen-bond donors (Lipinski definition) is 3. The van der Waals surface area contributed by atoms with Crippen LogP contribution in [0.3, 0.4) is 0 Å². The number of aryl methyl sites for hydroxylation is 1. The number of aromatic amines is 2. The summed E-state index contributed by atoms with van der Waals surface area (Å²) in [5.74, 6) is -0.340. The smallest absolute Gasteiger partial charge is 0.272 e. The number of rotatable bonds is 2. The molecule has 0 saturated heterocycles. The van der Waals surface area contributed by atoms with Crippen LogP contribution < -0.4 is 10.7 Å². The van der Waals surface area contributed by atoms with Crippen molar-refractivity contribution >= 4 is 17.4 Å². The van der Waals surface area contributed by atoms with Crippen LogP contribution in [0.25, 0.3) is 0 Å². The van der Waals surface area contributed by atoms with E-state index in [1.165, 1.54) is 18.5 Å². The van der Waals surface area contributed by atoms with Gasteiger partial charge in [0.2, 0.25) is 5.43 Å². The van der Waals surface area contributed by atoms with Gasteiger partial charge in [0.1, 0.15) is 11.4 Å². The van der Waals surface area contributed by atoms with Crippen molar-refractivity contribution in [1.29, 1.82) is 0 Å². The van der Waals surface area contributed by atoms with Gasteiger partial charge in [-0.05, 0) is 25.3 Å². The second-order valence-electron chi connectivity index (χ2n) is 5.13. The highest BCUT2D eigenvalue weighted by Crippen LogP contribution is 2.26. The molecular weight excluding hydrogens is 270 g/mol. The summed E-state index contributed by atoms with van der Waals surface area (Å²) in [6.07, 6.45) is 5.01. The largest absolute Gasteiger partial charge is 0.366 e. The molecule has 0 atom stereocenters. The van der Waals surface area contributed by atoms with Crippen LogP contribution in [0.4, 0.5) is 5.69 Å². The predicted molar refractivity (Wildman–Crippen MR) is 77.8 cm³/mol. The summed E-state index contributed by atoms with van der Waals surface area (Å²) in [5, 5.41) is 2.57. The van der Waals surface area contributed by atoms with Crippen LogP contribution in [0.1, 0.15) is 44.9 Å². The second kappa shape index (κ2) is 5.05. The van der Waals surface area contributed by atoms with Crippen molar-refractivity contribution in [3.8, 4) is 0 Å². The number of fused-ring (bicyclic) bond motifs is 1. The van der Waals surface area contributed by atoms with Crippen LogP contribution in [-0.2, 0) is 6.42 Å². The van der Waals surface area contributed by atoms with E-state index in [1.807, 2.05) is 0 Å². The number of nitrogens with one attached hydrogen (secondary N) is 3. The molecule has 1 aliphatic carbocycles. The molecule has 0 spiro atoms. The van der Waals surface area contributed by atoms with Gasteiger partial charge < -0.3 is 15.3 Å². The number of ketones is 1. The molecule has 21 heavy (non-hydrogen) atoms. The van der Waals surface area contributed by atoms with Crippen molar-refractivity contribution in [1.82, 2.24) is 9.97 Å². The van der Waals surface area contributed by atoms with Gasteiger partial charge in [-0.1, -0.05) is 0 Å². The molecule has 0 fully saturated rings. The Morgan fingerprint density at radius 3 is 2.81 bits per heavy atom. The zero-order valence-corrected chi connectivity index (χ0v) is 11.6. The highest BCUT2D eigenvalue weighted by molar-refractivity contribution is 6.08. The van der Waals surface area contributed by atoms with Crippen LogP contribution in [0.2, 0.25) is 0 Å². The van der Waals surface area contributed by atoms with E-state index in [9.17, 15) is 14.4 Å². The molecule has 0 aromatic carbocycles. The van der Waals surface area contributed by atoms with Gasteiger partial charge in [-0.15, -0.1) is 0 Å². The Hall–Kier alpha value is -2.63. The molecule has 1 aliphatic rings. The number of carbonyl (C=O) groups is 2. The summed E-state index contributed by atoms with van der Waals surface area (Å²) in [7, 11) is 0. The van der Waals surface area contributed by atoms with Gasteiger partial charge >= 0.3 is 0 Å². The van der Waals surface area contributed by atoms with Gasteiger partial charge in [0.15, 0.2) is 5.78 Å². The van der Waals surface area contributed by atoms with E-state index < -0.39 is 5.91 Å². The van der Waals surface area contributed by atoms with Crippen LogP contribution in [0, 0.1) is 6.92 Å². The molecular formula is C15H15N3O3. The molecule has 3 N–H and O–H groups in total. The van der Waals surface area contributed by atoms with Crippen LogP contribution in [-0.4, -0.2) is 21.7 Å². The minimum Gasteiger partial charge on any atom is -0.366 e. The predicted octanol–water partition coefficient (Wildman–Crippen LogP) is 1.78. The lowest BCUT2D eigenvalue weighted by molar-refractivity contribution is 0.0971. The van der Waals surface area contributed by atoms with E-state index in [0.717, 1.165) is 18.5 Å². The number of aromatic nitrogens is 2. The molecule has 2 aromatic rings. The topological polar surface area (TPSA) is 94.8 Å². The zero-order chi connectivity index (χ0) is 15.0. The number of carbonyl (C=O) groups excluding carboxylic acids is 2. The third-order valence-electron chi connectivity index (χ3n) is 3.74. The minimum atomic E-state index is -0.411. The maximum atomic E-state index is 12.3. The average molecular weight is 285 g/mol. The number of pyridine rings is 1. The monoisotopic (exact) mass is 285 g/mol. The lowest BCUT2D eigenvalue weighted by Crippen LogP contribution is -2.19. The molecule has 3 rings (SSSR count). The number of hydrogen-bond acceptors (Lipinski definition) is 3. The van der Waals surface area contributed by atoms with Crippen molar-refractivity contribution in [2.75, 3.05) is 5.32 Å². The molecule has 0 unspecified atom stereocenters. The molecule has 6 heteroatoms. The summed E-state index contributed by atoms with van der Waals surface area (Å²) >= 11 is 0. The fourth-order valence-electron chi connectivity index (χ4n) is 2.70. The Morgan fingerprint density at radius 2 is 2.10 bits per heavy atom. The minimum absolute atomic E-state index is 0.0709. The molecule has 0 saturated carbocycles. The molecule has 6 nitrogen and oxygen atoms in total. The fourth-order valence-corrected chi connectivity index (χ4v) is 2.70. The quantitative estimate of drug-likeness (QED) is 0.785. The number of Topliss-reactive ketones (excluding diaryl/α,β-unsaturated/α-hetero) is 1. The van der Waals surface area contributed by atoms with Gasteiger partial charge in [-0.3, -0.25) is 14.4 Å². The standard InChI is InChI=1S/C15H15N3O3/c1-8-13-9(3-2-4-12(13)20)17-14(8)15(21)18-10-7-16-6-5-11(10)19/h5-7,17H,2-4H2,1H3,(H,16,19)(H,18,21). The molecule has 0 aliphatic heterocycles. The third kappa shape index (κ3) is 2.29.